The Labute approximate surface area is 142 Å². The maximum Gasteiger partial charge on any atom is 0.126 e. The van der Waals surface area contributed by atoms with Crippen LogP contribution in [-0.2, 0) is 9.47 Å². The van der Waals surface area contributed by atoms with E-state index in [-0.39, 0.29) is 18.3 Å². The summed E-state index contributed by atoms with van der Waals surface area (Å²) in [4.78, 5) is 1.43. The molecular weight excluding hydrogens is 290 g/mol. The lowest BCUT2D eigenvalue weighted by atomic mass is 9.75. The predicted octanol–water partition coefficient (Wildman–Crippen LogP) is 1.52. The van der Waals surface area contributed by atoms with Gasteiger partial charge in [-0.1, -0.05) is 27.2 Å². The number of hydrogen-bond acceptors (Lipinski definition) is 3. The Morgan fingerprint density at radius 1 is 1.13 bits per heavy atom. The minimum absolute atomic E-state index is 0.284. The van der Waals surface area contributed by atoms with Crippen molar-refractivity contribution in [2.45, 2.75) is 78.3 Å². The quantitative estimate of drug-likeness (QED) is 0.777. The molecule has 0 aromatic rings. The van der Waals surface area contributed by atoms with Crippen molar-refractivity contribution >= 4 is 0 Å². The van der Waals surface area contributed by atoms with Crippen LogP contribution in [0.25, 0.3) is 0 Å². The third kappa shape index (κ3) is 6.00. The largest absolute Gasteiger partial charge is 0.385 e. The van der Waals surface area contributed by atoms with Crippen molar-refractivity contribution in [1.29, 1.82) is 0 Å². The summed E-state index contributed by atoms with van der Waals surface area (Å²) in [5.41, 5.74) is 0. The average Bonchev–Trinajstić information content (AvgIpc) is 2.43. The number of nitrogens with one attached hydrogen (secondary N) is 1. The molecule has 0 radical (unpaired) electrons. The van der Waals surface area contributed by atoms with Crippen LogP contribution in [0.5, 0.6) is 0 Å². The van der Waals surface area contributed by atoms with Crippen LogP contribution in [0, 0.1) is 17.8 Å². The minimum atomic E-state index is -0.368. The lowest BCUT2D eigenvalue weighted by Crippen LogP contribution is -3.16. The van der Waals surface area contributed by atoms with Gasteiger partial charge in [0.05, 0.1) is 12.7 Å². The monoisotopic (exact) mass is 328 g/mol. The highest BCUT2D eigenvalue weighted by Gasteiger charge is 2.32. The number of rotatable bonds is 6. The molecule has 0 aromatic carbocycles. The molecule has 2 fully saturated rings. The van der Waals surface area contributed by atoms with Crippen molar-refractivity contribution in [3.8, 4) is 0 Å². The summed E-state index contributed by atoms with van der Waals surface area (Å²) < 4.78 is 12.0. The number of aliphatic hydroxyl groups excluding tert-OH is 1. The summed E-state index contributed by atoms with van der Waals surface area (Å²) in [7, 11) is 0. The molecule has 2 rings (SSSR count). The maximum absolute atomic E-state index is 10.4. The first kappa shape index (κ1) is 19.2. The predicted molar refractivity (Wildman–Crippen MR) is 92.7 cm³/mol. The molecule has 2 aliphatic rings. The molecule has 1 heterocycles. The van der Waals surface area contributed by atoms with E-state index in [1.54, 1.807) is 0 Å². The van der Waals surface area contributed by atoms with Gasteiger partial charge >= 0.3 is 0 Å². The van der Waals surface area contributed by atoms with Crippen LogP contribution in [0.1, 0.15) is 53.9 Å². The normalized spacial score (nSPS) is 40.3. The zero-order chi connectivity index (χ0) is 17.0. The second-order valence-corrected chi connectivity index (χ2v) is 8.47. The van der Waals surface area contributed by atoms with Gasteiger partial charge in [0.2, 0.25) is 0 Å². The van der Waals surface area contributed by atoms with Crippen LogP contribution in [0.15, 0.2) is 0 Å². The summed E-state index contributed by atoms with van der Waals surface area (Å²) in [6.07, 6.45) is 4.26. The van der Waals surface area contributed by atoms with Gasteiger partial charge in [-0.3, -0.25) is 0 Å². The first-order chi connectivity index (χ1) is 10.8. The third-order valence-electron chi connectivity index (χ3n) is 5.61. The summed E-state index contributed by atoms with van der Waals surface area (Å²) in [6, 6.07) is 0. The highest BCUT2D eigenvalue weighted by Crippen LogP contribution is 2.35. The maximum atomic E-state index is 10.4. The van der Waals surface area contributed by atoms with Gasteiger partial charge in [-0.2, -0.15) is 0 Å². The van der Waals surface area contributed by atoms with Gasteiger partial charge in [0.1, 0.15) is 37.9 Å². The molecule has 2 N–H and O–H groups in total. The van der Waals surface area contributed by atoms with Gasteiger partial charge in [-0.25, -0.2) is 0 Å². The van der Waals surface area contributed by atoms with Gasteiger partial charge in [-0.05, 0) is 44.4 Å². The average molecular weight is 329 g/mol. The number of aliphatic hydroxyl groups is 1. The Kier molecular flexibility index (Phi) is 7.33. The highest BCUT2D eigenvalue weighted by atomic mass is 16.5. The Morgan fingerprint density at radius 3 is 2.39 bits per heavy atom. The zero-order valence-corrected chi connectivity index (χ0v) is 15.8. The second-order valence-electron chi connectivity index (χ2n) is 8.47. The number of morpholine rings is 1. The van der Waals surface area contributed by atoms with Crippen LogP contribution >= 0.6 is 0 Å². The zero-order valence-electron chi connectivity index (χ0n) is 15.8. The molecule has 0 bridgehead atoms. The SMILES string of the molecule is CC(C)[C@H]1CC[C@@H](C)C[C@H]1OC[C@H](O)C[NH+]1C[C@@H](C)O[C@@H](C)C1. The van der Waals surface area contributed by atoms with Crippen LogP contribution in [0.3, 0.4) is 0 Å². The Balaban J connectivity index is 1.77. The van der Waals surface area contributed by atoms with Crippen molar-refractivity contribution in [1.82, 2.24) is 0 Å². The molecule has 0 amide bonds. The molecule has 7 atom stereocenters. The van der Waals surface area contributed by atoms with E-state index in [1.165, 1.54) is 17.7 Å². The van der Waals surface area contributed by atoms with Crippen molar-refractivity contribution in [2.75, 3.05) is 26.2 Å². The molecule has 23 heavy (non-hydrogen) atoms. The van der Waals surface area contributed by atoms with Gasteiger partial charge in [0, 0.05) is 0 Å². The van der Waals surface area contributed by atoms with E-state index in [9.17, 15) is 5.11 Å². The molecule has 0 aromatic heterocycles. The fraction of sp³-hybridized carbons (Fsp3) is 1.00. The Bertz CT molecular complexity index is 340. The standard InChI is InChI=1S/C19H37NO3/c1-13(2)18-7-6-14(3)8-19(18)22-12-17(21)11-20-9-15(4)23-16(5)10-20/h13-19,21H,6-12H2,1-5H3/p+1/t14-,15-,16+,17-,18-,19-/m1/s1. The van der Waals surface area contributed by atoms with Gasteiger partial charge in [0.25, 0.3) is 0 Å². The summed E-state index contributed by atoms with van der Waals surface area (Å²) >= 11 is 0. The second kappa shape index (κ2) is 8.80. The number of hydrogen-bond donors (Lipinski definition) is 2. The van der Waals surface area contributed by atoms with Crippen molar-refractivity contribution in [2.24, 2.45) is 17.8 Å². The molecule has 1 saturated carbocycles. The molecule has 0 spiro atoms. The number of quaternary nitrogens is 1. The van der Waals surface area contributed by atoms with E-state index < -0.39 is 0 Å². The minimum Gasteiger partial charge on any atom is -0.385 e. The molecule has 4 heteroatoms. The highest BCUT2D eigenvalue weighted by molar-refractivity contribution is 4.81. The van der Waals surface area contributed by atoms with Gasteiger partial charge < -0.3 is 19.5 Å². The lowest BCUT2D eigenvalue weighted by molar-refractivity contribution is -0.918. The van der Waals surface area contributed by atoms with Crippen LogP contribution in [-0.4, -0.2) is 55.8 Å². The first-order valence-corrected chi connectivity index (χ1v) is 9.63. The van der Waals surface area contributed by atoms with E-state index in [0.29, 0.717) is 24.5 Å². The Morgan fingerprint density at radius 2 is 1.78 bits per heavy atom. The van der Waals surface area contributed by atoms with E-state index in [2.05, 4.69) is 34.6 Å². The van der Waals surface area contributed by atoms with E-state index in [1.807, 2.05) is 0 Å². The molecule has 1 aliphatic heterocycles. The summed E-state index contributed by atoms with van der Waals surface area (Å²) in [5.74, 6) is 2.06. The number of ether oxygens (including phenoxy) is 2. The van der Waals surface area contributed by atoms with Gasteiger partial charge in [-0.15, -0.1) is 0 Å². The fourth-order valence-corrected chi connectivity index (χ4v) is 4.49. The molecular formula is C19H38NO3+. The smallest absolute Gasteiger partial charge is 0.126 e. The van der Waals surface area contributed by atoms with E-state index in [0.717, 1.165) is 32.0 Å². The van der Waals surface area contributed by atoms with Crippen molar-refractivity contribution in [3.05, 3.63) is 0 Å². The molecule has 1 saturated heterocycles. The van der Waals surface area contributed by atoms with E-state index in [4.69, 9.17) is 9.47 Å². The summed E-state index contributed by atoms with van der Waals surface area (Å²) in [6.45, 7) is 14.4. The van der Waals surface area contributed by atoms with Crippen LogP contribution in [0.2, 0.25) is 0 Å². The van der Waals surface area contributed by atoms with Crippen molar-refractivity contribution < 1.29 is 19.5 Å². The van der Waals surface area contributed by atoms with E-state index >= 15 is 0 Å². The van der Waals surface area contributed by atoms with Crippen LogP contribution in [0.4, 0.5) is 0 Å². The molecule has 4 nitrogen and oxygen atoms in total. The third-order valence-corrected chi connectivity index (χ3v) is 5.61. The lowest BCUT2D eigenvalue weighted by Gasteiger charge is -2.38. The molecule has 1 aliphatic carbocycles. The Hall–Kier alpha value is -0.160. The molecule has 136 valence electrons. The summed E-state index contributed by atoms with van der Waals surface area (Å²) in [5, 5.41) is 10.4. The van der Waals surface area contributed by atoms with Crippen molar-refractivity contribution in [3.63, 3.8) is 0 Å². The fourth-order valence-electron chi connectivity index (χ4n) is 4.49. The van der Waals surface area contributed by atoms with Gasteiger partial charge in [0.15, 0.2) is 0 Å². The molecule has 1 unspecified atom stereocenters. The first-order valence-electron chi connectivity index (χ1n) is 9.63. The topological polar surface area (TPSA) is 43.1 Å². The van der Waals surface area contributed by atoms with Crippen LogP contribution < -0.4 is 4.90 Å².